The Morgan fingerprint density at radius 3 is 2.72 bits per heavy atom. The second-order valence-electron chi connectivity index (χ2n) is 8.99. The Morgan fingerprint density at radius 1 is 1.21 bits per heavy atom. The number of nitrogens with one attached hydrogen (secondary N) is 1. The minimum Gasteiger partial charge on any atom is -0.327 e. The molecule has 3 atom stereocenters. The van der Waals surface area contributed by atoms with Crippen molar-refractivity contribution >= 4 is 17.7 Å². The molecule has 156 valence electrons. The van der Waals surface area contributed by atoms with Gasteiger partial charge in [0, 0.05) is 37.7 Å². The number of hydrogen-bond acceptors (Lipinski definition) is 5. The Bertz CT molecular complexity index is 837. The molecule has 0 saturated carbocycles. The van der Waals surface area contributed by atoms with Crippen LogP contribution in [0.2, 0.25) is 0 Å². The Balaban J connectivity index is 1.46. The zero-order chi connectivity index (χ0) is 20.7. The summed E-state index contributed by atoms with van der Waals surface area (Å²) < 4.78 is 0. The molecule has 7 heteroatoms. The predicted octanol–water partition coefficient (Wildman–Crippen LogP) is 1.25. The van der Waals surface area contributed by atoms with Crippen LogP contribution in [0.15, 0.2) is 18.2 Å². The van der Waals surface area contributed by atoms with Gasteiger partial charge in [0.05, 0.1) is 0 Å². The van der Waals surface area contributed by atoms with Crippen LogP contribution in [0.25, 0.3) is 0 Å². The van der Waals surface area contributed by atoms with E-state index in [0.29, 0.717) is 30.4 Å². The van der Waals surface area contributed by atoms with Gasteiger partial charge < -0.3 is 10.6 Å². The molecule has 3 amide bonds. The minimum atomic E-state index is -0.563. The highest BCUT2D eigenvalue weighted by Crippen LogP contribution is 2.29. The lowest BCUT2D eigenvalue weighted by molar-refractivity contribution is -0.136. The van der Waals surface area contributed by atoms with E-state index in [9.17, 15) is 14.4 Å². The lowest BCUT2D eigenvalue weighted by Crippen LogP contribution is -2.52. The number of hydrogen-bond donors (Lipinski definition) is 2. The van der Waals surface area contributed by atoms with Crippen molar-refractivity contribution in [1.82, 2.24) is 15.1 Å². The molecule has 3 aliphatic heterocycles. The second kappa shape index (κ2) is 7.88. The fourth-order valence-electron chi connectivity index (χ4n) is 4.88. The van der Waals surface area contributed by atoms with E-state index < -0.39 is 6.04 Å². The number of fused-ring (bicyclic) bond motifs is 1. The van der Waals surface area contributed by atoms with Crippen molar-refractivity contribution in [3.63, 3.8) is 0 Å². The van der Waals surface area contributed by atoms with Crippen LogP contribution < -0.4 is 11.1 Å². The van der Waals surface area contributed by atoms with Gasteiger partial charge >= 0.3 is 0 Å². The summed E-state index contributed by atoms with van der Waals surface area (Å²) in [4.78, 5) is 40.6. The first kappa shape index (κ1) is 20.0. The molecule has 1 aromatic carbocycles. The van der Waals surface area contributed by atoms with Gasteiger partial charge in [-0.25, -0.2) is 0 Å². The highest BCUT2D eigenvalue weighted by atomic mass is 16.2. The number of carbonyl (C=O) groups is 3. The van der Waals surface area contributed by atoms with Crippen LogP contribution in [-0.4, -0.2) is 52.7 Å². The Morgan fingerprint density at radius 2 is 2.00 bits per heavy atom. The molecule has 3 aliphatic rings. The number of rotatable bonds is 4. The summed E-state index contributed by atoms with van der Waals surface area (Å²) in [6, 6.07) is 5.76. The van der Waals surface area contributed by atoms with Crippen LogP contribution in [-0.2, 0) is 22.7 Å². The zero-order valence-corrected chi connectivity index (χ0v) is 17.2. The fourth-order valence-corrected chi connectivity index (χ4v) is 4.88. The summed E-state index contributed by atoms with van der Waals surface area (Å²) in [6.07, 6.45) is 1.66. The van der Waals surface area contributed by atoms with Crippen LogP contribution >= 0.6 is 0 Å². The summed E-state index contributed by atoms with van der Waals surface area (Å²) in [5.41, 5.74) is 9.04. The zero-order valence-electron chi connectivity index (χ0n) is 17.2. The minimum absolute atomic E-state index is 0.114. The molecular formula is C22H30N4O3. The molecule has 2 fully saturated rings. The molecule has 2 saturated heterocycles. The van der Waals surface area contributed by atoms with Crippen molar-refractivity contribution < 1.29 is 14.4 Å². The van der Waals surface area contributed by atoms with Crippen LogP contribution in [0.4, 0.5) is 0 Å². The first-order valence-corrected chi connectivity index (χ1v) is 10.6. The van der Waals surface area contributed by atoms with Crippen molar-refractivity contribution in [2.45, 2.75) is 58.3 Å². The van der Waals surface area contributed by atoms with Gasteiger partial charge in [-0.05, 0) is 48.4 Å². The number of carbonyl (C=O) groups excluding carboxylic acids is 3. The Hall–Kier alpha value is -2.25. The molecule has 0 radical (unpaired) electrons. The smallest absolute Gasteiger partial charge is 0.255 e. The molecule has 1 aromatic rings. The lowest BCUT2D eigenvalue weighted by Gasteiger charge is -2.39. The summed E-state index contributed by atoms with van der Waals surface area (Å²) >= 11 is 0. The third-order valence-electron chi connectivity index (χ3n) is 6.65. The van der Waals surface area contributed by atoms with Gasteiger partial charge in [-0.3, -0.25) is 24.6 Å². The second-order valence-corrected chi connectivity index (χ2v) is 8.99. The highest BCUT2D eigenvalue weighted by Gasteiger charge is 2.39. The quantitative estimate of drug-likeness (QED) is 0.745. The van der Waals surface area contributed by atoms with Gasteiger partial charge in [0.2, 0.25) is 11.8 Å². The molecule has 0 spiro atoms. The maximum absolute atomic E-state index is 13.0. The van der Waals surface area contributed by atoms with E-state index in [-0.39, 0.29) is 30.2 Å². The van der Waals surface area contributed by atoms with Gasteiger partial charge in [-0.2, -0.15) is 0 Å². The molecule has 3 unspecified atom stereocenters. The van der Waals surface area contributed by atoms with Crippen LogP contribution in [0.5, 0.6) is 0 Å². The summed E-state index contributed by atoms with van der Waals surface area (Å²) in [7, 11) is 0. The van der Waals surface area contributed by atoms with Crippen molar-refractivity contribution in [1.29, 1.82) is 0 Å². The van der Waals surface area contributed by atoms with Gasteiger partial charge in [0.25, 0.3) is 5.91 Å². The molecule has 0 aliphatic carbocycles. The molecule has 4 rings (SSSR count). The molecule has 29 heavy (non-hydrogen) atoms. The van der Waals surface area contributed by atoms with E-state index in [1.807, 2.05) is 12.1 Å². The van der Waals surface area contributed by atoms with Gasteiger partial charge in [0.15, 0.2) is 0 Å². The largest absolute Gasteiger partial charge is 0.327 e. The van der Waals surface area contributed by atoms with Gasteiger partial charge in [0.1, 0.15) is 6.04 Å². The molecule has 7 nitrogen and oxygen atoms in total. The van der Waals surface area contributed by atoms with E-state index in [1.165, 1.54) is 0 Å². The topological polar surface area (TPSA) is 95.7 Å². The van der Waals surface area contributed by atoms with Crippen LogP contribution in [0.3, 0.4) is 0 Å². The molecule has 0 bridgehead atoms. The van der Waals surface area contributed by atoms with E-state index in [1.54, 1.807) is 4.90 Å². The third kappa shape index (κ3) is 3.94. The Labute approximate surface area is 171 Å². The maximum Gasteiger partial charge on any atom is 0.255 e. The van der Waals surface area contributed by atoms with Gasteiger partial charge in [-0.1, -0.05) is 26.0 Å². The first-order valence-electron chi connectivity index (χ1n) is 10.6. The van der Waals surface area contributed by atoms with Crippen molar-refractivity contribution in [3.05, 3.63) is 34.9 Å². The van der Waals surface area contributed by atoms with E-state index in [2.05, 4.69) is 30.1 Å². The van der Waals surface area contributed by atoms with Crippen molar-refractivity contribution in [2.24, 2.45) is 17.6 Å². The van der Waals surface area contributed by atoms with E-state index >= 15 is 0 Å². The van der Waals surface area contributed by atoms with Crippen molar-refractivity contribution in [2.75, 3.05) is 13.1 Å². The van der Waals surface area contributed by atoms with E-state index in [0.717, 1.165) is 37.2 Å². The maximum atomic E-state index is 13.0. The molecule has 0 aromatic heterocycles. The molecule has 3 N–H and O–H groups in total. The normalized spacial score (nSPS) is 28.1. The Kier molecular flexibility index (Phi) is 5.44. The number of nitrogens with two attached hydrogens (primary N) is 1. The number of benzene rings is 1. The third-order valence-corrected chi connectivity index (χ3v) is 6.65. The summed E-state index contributed by atoms with van der Waals surface area (Å²) in [6.45, 7) is 7.63. The SMILES string of the molecule is CC(C)C1CN(Cc2ccc3c(c2)C(=O)N(C2CCC(=O)NC2=O)C3)CCC1N. The average Bonchev–Trinajstić information content (AvgIpc) is 2.99. The number of likely N-dealkylation sites (tertiary alicyclic amines) is 1. The summed E-state index contributed by atoms with van der Waals surface area (Å²) in [5, 5.41) is 2.35. The average molecular weight is 399 g/mol. The van der Waals surface area contributed by atoms with Gasteiger partial charge in [-0.15, -0.1) is 0 Å². The summed E-state index contributed by atoms with van der Waals surface area (Å²) in [5.74, 6) is 0.294. The number of imide groups is 1. The van der Waals surface area contributed by atoms with E-state index in [4.69, 9.17) is 5.73 Å². The highest BCUT2D eigenvalue weighted by molar-refractivity contribution is 6.05. The lowest BCUT2D eigenvalue weighted by atomic mass is 9.84. The standard InChI is InChI=1S/C22H30N4O3/c1-13(2)17-12-25(8-7-18(17)23)10-14-3-4-15-11-26(22(29)16(15)9-14)19-5-6-20(27)24-21(19)28/h3-4,9,13,17-19H,5-8,10-12,23H2,1-2H3,(H,24,27,28). The predicted molar refractivity (Wildman–Crippen MR) is 109 cm³/mol. The molecular weight excluding hydrogens is 368 g/mol. The number of nitrogens with zero attached hydrogens (tertiary/aromatic N) is 2. The number of piperidine rings is 2. The number of amides is 3. The van der Waals surface area contributed by atoms with Crippen LogP contribution in [0, 0.1) is 11.8 Å². The van der Waals surface area contributed by atoms with Crippen LogP contribution in [0.1, 0.15) is 54.6 Å². The van der Waals surface area contributed by atoms with Crippen molar-refractivity contribution in [3.8, 4) is 0 Å². The molecule has 3 heterocycles. The first-order chi connectivity index (χ1) is 13.8. The fraction of sp³-hybridized carbons (Fsp3) is 0.591. The monoisotopic (exact) mass is 398 g/mol.